The summed E-state index contributed by atoms with van der Waals surface area (Å²) in [6, 6.07) is 13.3. The highest BCUT2D eigenvalue weighted by atomic mass is 32.2. The van der Waals surface area contributed by atoms with Gasteiger partial charge in [0.05, 0.1) is 17.2 Å². The number of nitrogens with zero attached hydrogens (tertiary/aromatic N) is 1. The number of rotatable bonds is 5. The van der Waals surface area contributed by atoms with E-state index in [1.54, 1.807) is 0 Å². The molecular weight excluding hydrogens is 365 g/mol. The van der Waals surface area contributed by atoms with Gasteiger partial charge in [-0.3, -0.25) is 4.79 Å². The number of thioether (sulfide) groups is 1. The minimum atomic E-state index is -4.66. The van der Waals surface area contributed by atoms with Gasteiger partial charge in [0.25, 0.3) is 5.91 Å². The lowest BCUT2D eigenvalue weighted by Crippen LogP contribution is -2.42. The van der Waals surface area contributed by atoms with Gasteiger partial charge in [0, 0.05) is 16.3 Å². The Hall–Kier alpha value is -2.50. The van der Waals surface area contributed by atoms with Crippen molar-refractivity contribution in [1.29, 1.82) is 5.26 Å². The monoisotopic (exact) mass is 380 g/mol. The van der Waals surface area contributed by atoms with Crippen LogP contribution in [0.5, 0.6) is 0 Å². The lowest BCUT2D eigenvalue weighted by atomic mass is 10.1. The second-order valence-corrected chi connectivity index (χ2v) is 6.75. The predicted molar refractivity (Wildman–Crippen MR) is 92.6 cm³/mol. The minimum absolute atomic E-state index is 0.00420. The molecule has 136 valence electrons. The van der Waals surface area contributed by atoms with Crippen LogP contribution in [0.15, 0.2) is 53.4 Å². The van der Waals surface area contributed by atoms with Gasteiger partial charge in [-0.25, -0.2) is 0 Å². The zero-order valence-corrected chi connectivity index (χ0v) is 14.5. The van der Waals surface area contributed by atoms with Crippen molar-refractivity contribution in [2.75, 3.05) is 11.1 Å². The van der Waals surface area contributed by atoms with Crippen molar-refractivity contribution in [3.8, 4) is 6.07 Å². The fourth-order valence-corrected chi connectivity index (χ4v) is 2.96. The zero-order chi connectivity index (χ0) is 19.4. The van der Waals surface area contributed by atoms with Crippen LogP contribution in [0.4, 0.5) is 18.9 Å². The molecule has 0 saturated carbocycles. The molecule has 2 aromatic carbocycles. The summed E-state index contributed by atoms with van der Waals surface area (Å²) in [6.07, 6.45) is -4.66. The van der Waals surface area contributed by atoms with Crippen LogP contribution in [-0.4, -0.2) is 22.4 Å². The Morgan fingerprint density at radius 1 is 1.23 bits per heavy atom. The number of nitrogens with one attached hydrogen (secondary N) is 1. The summed E-state index contributed by atoms with van der Waals surface area (Å²) in [5.74, 6) is -0.723. The predicted octanol–water partition coefficient (Wildman–Crippen LogP) is 4.06. The van der Waals surface area contributed by atoms with E-state index in [0.717, 1.165) is 23.1 Å². The third kappa shape index (κ3) is 5.00. The number of carbonyl (C=O) groups excluding carboxylic acids is 1. The highest BCUT2D eigenvalue weighted by molar-refractivity contribution is 7.99. The number of anilines is 1. The average Bonchev–Trinajstić information content (AvgIpc) is 2.59. The maximum atomic E-state index is 12.8. The van der Waals surface area contributed by atoms with Crippen molar-refractivity contribution in [3.63, 3.8) is 0 Å². The van der Waals surface area contributed by atoms with Gasteiger partial charge in [-0.05, 0) is 37.3 Å². The first-order valence-electron chi connectivity index (χ1n) is 7.46. The highest BCUT2D eigenvalue weighted by Gasteiger charge is 2.34. The summed E-state index contributed by atoms with van der Waals surface area (Å²) < 4.78 is 38.4. The van der Waals surface area contributed by atoms with E-state index < -0.39 is 28.8 Å². The molecule has 0 aliphatic carbocycles. The number of halogens is 3. The van der Waals surface area contributed by atoms with Gasteiger partial charge in [0.2, 0.25) is 0 Å². The number of alkyl halides is 3. The fourth-order valence-electron chi connectivity index (χ4n) is 2.03. The third-order valence-corrected chi connectivity index (χ3v) is 4.77. The van der Waals surface area contributed by atoms with Gasteiger partial charge >= 0.3 is 6.18 Å². The number of hydrogen-bond donors (Lipinski definition) is 2. The maximum absolute atomic E-state index is 12.8. The molecule has 0 spiro atoms. The van der Waals surface area contributed by atoms with Crippen LogP contribution in [-0.2, 0) is 11.0 Å². The highest BCUT2D eigenvalue weighted by Crippen LogP contribution is 2.33. The SMILES string of the molecule is CC(O)(CSc1ccccc1)C(=O)Nc1ccc(C(F)(F)F)c(C#N)c1. The van der Waals surface area contributed by atoms with Gasteiger partial charge < -0.3 is 10.4 Å². The quantitative estimate of drug-likeness (QED) is 0.768. The summed E-state index contributed by atoms with van der Waals surface area (Å²) >= 11 is 1.27. The molecule has 0 heterocycles. The van der Waals surface area contributed by atoms with Gasteiger partial charge in [0.15, 0.2) is 0 Å². The van der Waals surface area contributed by atoms with E-state index in [0.29, 0.717) is 0 Å². The Bertz CT molecular complexity index is 831. The van der Waals surface area contributed by atoms with Crippen LogP contribution in [0.3, 0.4) is 0 Å². The third-order valence-electron chi connectivity index (χ3n) is 3.46. The second kappa shape index (κ2) is 7.81. The standard InChI is InChI=1S/C18H15F3N2O2S/c1-17(25,11-26-14-5-3-2-4-6-14)16(24)23-13-7-8-15(18(19,20)21)12(9-13)10-22/h2-9,25H,11H2,1H3,(H,23,24). The molecule has 26 heavy (non-hydrogen) atoms. The maximum Gasteiger partial charge on any atom is 0.417 e. The molecule has 0 aliphatic rings. The average molecular weight is 380 g/mol. The van der Waals surface area contributed by atoms with Crippen LogP contribution < -0.4 is 5.32 Å². The van der Waals surface area contributed by atoms with E-state index in [1.165, 1.54) is 24.8 Å². The van der Waals surface area contributed by atoms with Crippen molar-refractivity contribution in [2.24, 2.45) is 0 Å². The molecule has 0 aliphatic heterocycles. The normalized spacial score (nSPS) is 13.5. The zero-order valence-electron chi connectivity index (χ0n) is 13.7. The summed E-state index contributed by atoms with van der Waals surface area (Å²) in [5.41, 5.74) is -3.43. The molecule has 8 heteroatoms. The van der Waals surface area contributed by atoms with Crippen molar-refractivity contribution in [3.05, 3.63) is 59.7 Å². The van der Waals surface area contributed by atoms with Crippen molar-refractivity contribution in [2.45, 2.75) is 23.6 Å². The second-order valence-electron chi connectivity index (χ2n) is 5.70. The number of aliphatic hydroxyl groups is 1. The summed E-state index contributed by atoms with van der Waals surface area (Å²) in [6.45, 7) is 1.31. The largest absolute Gasteiger partial charge is 0.417 e. The number of amides is 1. The van der Waals surface area contributed by atoms with Gasteiger partial charge in [-0.15, -0.1) is 11.8 Å². The van der Waals surface area contributed by atoms with Crippen LogP contribution in [0.2, 0.25) is 0 Å². The summed E-state index contributed by atoms with van der Waals surface area (Å²) in [7, 11) is 0. The van der Waals surface area contributed by atoms with Crippen LogP contribution in [0, 0.1) is 11.3 Å². The topological polar surface area (TPSA) is 73.1 Å². The molecule has 0 aromatic heterocycles. The molecule has 0 radical (unpaired) electrons. The van der Waals surface area contributed by atoms with E-state index in [4.69, 9.17) is 5.26 Å². The van der Waals surface area contributed by atoms with E-state index >= 15 is 0 Å². The van der Waals surface area contributed by atoms with Crippen LogP contribution in [0.1, 0.15) is 18.1 Å². The molecule has 0 bridgehead atoms. The Balaban J connectivity index is 2.09. The van der Waals surface area contributed by atoms with Crippen molar-refractivity contribution >= 4 is 23.4 Å². The van der Waals surface area contributed by atoms with Crippen molar-refractivity contribution in [1.82, 2.24) is 0 Å². The number of nitriles is 1. The Labute approximate surface area is 152 Å². The molecule has 4 nitrogen and oxygen atoms in total. The van der Waals surface area contributed by atoms with E-state index in [-0.39, 0.29) is 11.4 Å². The van der Waals surface area contributed by atoms with Gasteiger partial charge in [-0.1, -0.05) is 18.2 Å². The summed E-state index contributed by atoms with van der Waals surface area (Å²) in [4.78, 5) is 13.1. The van der Waals surface area contributed by atoms with Gasteiger partial charge in [-0.2, -0.15) is 18.4 Å². The van der Waals surface area contributed by atoms with E-state index in [1.807, 2.05) is 30.3 Å². The van der Waals surface area contributed by atoms with E-state index in [2.05, 4.69) is 5.32 Å². The Morgan fingerprint density at radius 3 is 2.46 bits per heavy atom. The fraction of sp³-hybridized carbons (Fsp3) is 0.222. The molecular formula is C18H15F3N2O2S. The first-order valence-corrected chi connectivity index (χ1v) is 8.45. The molecule has 2 rings (SSSR count). The summed E-state index contributed by atoms with van der Waals surface area (Å²) in [5, 5.41) is 21.6. The molecule has 0 fully saturated rings. The molecule has 1 amide bonds. The van der Waals surface area contributed by atoms with Crippen LogP contribution >= 0.6 is 11.8 Å². The van der Waals surface area contributed by atoms with Gasteiger partial charge in [0.1, 0.15) is 5.60 Å². The molecule has 1 unspecified atom stereocenters. The van der Waals surface area contributed by atoms with Crippen LogP contribution in [0.25, 0.3) is 0 Å². The van der Waals surface area contributed by atoms with Crippen molar-refractivity contribution < 1.29 is 23.1 Å². The molecule has 1 atom stereocenters. The number of benzene rings is 2. The van der Waals surface area contributed by atoms with E-state index in [9.17, 15) is 23.1 Å². The number of carbonyl (C=O) groups is 1. The minimum Gasteiger partial charge on any atom is -0.379 e. The smallest absolute Gasteiger partial charge is 0.379 e. The first-order chi connectivity index (χ1) is 12.1. The lowest BCUT2D eigenvalue weighted by molar-refractivity contribution is -0.137. The first kappa shape index (κ1) is 19.8. The Kier molecular flexibility index (Phi) is 5.95. The Morgan fingerprint density at radius 2 is 1.88 bits per heavy atom. The number of hydrogen-bond acceptors (Lipinski definition) is 4. The molecule has 2 N–H and O–H groups in total. The molecule has 0 saturated heterocycles. The molecule has 2 aromatic rings. The lowest BCUT2D eigenvalue weighted by Gasteiger charge is -2.22.